The Balaban J connectivity index is 1.86. The van der Waals surface area contributed by atoms with Gasteiger partial charge in [0.2, 0.25) is 0 Å². The monoisotopic (exact) mass is 419 g/mol. The number of hydrogen-bond acceptors (Lipinski definition) is 3. The fourth-order valence-electron chi connectivity index (χ4n) is 2.84. The molecular formula is C18H19BrFN5O. The van der Waals surface area contributed by atoms with Crippen LogP contribution in [-0.4, -0.2) is 25.5 Å². The summed E-state index contributed by atoms with van der Waals surface area (Å²) < 4.78 is 17.4. The van der Waals surface area contributed by atoms with Crippen molar-refractivity contribution >= 4 is 27.5 Å². The van der Waals surface area contributed by atoms with Crippen molar-refractivity contribution in [2.24, 2.45) is 0 Å². The van der Waals surface area contributed by atoms with E-state index in [0.29, 0.717) is 34.6 Å². The predicted molar refractivity (Wildman–Crippen MR) is 101 cm³/mol. The maximum absolute atomic E-state index is 13.4. The van der Waals surface area contributed by atoms with Crippen molar-refractivity contribution in [3.05, 3.63) is 63.4 Å². The molecule has 1 aromatic carbocycles. The fraction of sp³-hybridized carbons (Fsp3) is 0.278. The maximum Gasteiger partial charge on any atom is 0.275 e. The third-order valence-corrected chi connectivity index (χ3v) is 4.73. The Kier molecular flexibility index (Phi) is 5.22. The molecule has 0 spiro atoms. The molecule has 0 saturated carbocycles. The largest absolute Gasteiger partial charge is 0.317 e. The van der Waals surface area contributed by atoms with E-state index in [9.17, 15) is 9.18 Å². The van der Waals surface area contributed by atoms with Gasteiger partial charge in [-0.2, -0.15) is 10.2 Å². The lowest BCUT2D eigenvalue weighted by Crippen LogP contribution is -2.18. The Morgan fingerprint density at radius 1 is 1.31 bits per heavy atom. The zero-order valence-electron chi connectivity index (χ0n) is 14.8. The van der Waals surface area contributed by atoms with Gasteiger partial charge in [0.05, 0.1) is 34.3 Å². The van der Waals surface area contributed by atoms with Crippen LogP contribution in [0.25, 0.3) is 0 Å². The molecule has 6 nitrogen and oxygen atoms in total. The van der Waals surface area contributed by atoms with Gasteiger partial charge < -0.3 is 5.32 Å². The minimum absolute atomic E-state index is 0.257. The molecule has 3 rings (SSSR count). The van der Waals surface area contributed by atoms with E-state index >= 15 is 0 Å². The van der Waals surface area contributed by atoms with Gasteiger partial charge in [-0.15, -0.1) is 0 Å². The molecule has 0 unspecified atom stereocenters. The summed E-state index contributed by atoms with van der Waals surface area (Å²) in [5, 5.41) is 11.6. The summed E-state index contributed by atoms with van der Waals surface area (Å²) in [7, 11) is 0. The topological polar surface area (TPSA) is 64.7 Å². The summed E-state index contributed by atoms with van der Waals surface area (Å²) in [6, 6.07) is 6.40. The molecule has 3 aromatic rings. The van der Waals surface area contributed by atoms with Gasteiger partial charge in [0, 0.05) is 6.54 Å². The number of halogens is 2. The molecule has 2 heterocycles. The smallest absolute Gasteiger partial charge is 0.275 e. The first-order chi connectivity index (χ1) is 12.4. The lowest BCUT2D eigenvalue weighted by atomic mass is 10.2. The van der Waals surface area contributed by atoms with Crippen molar-refractivity contribution in [3.63, 3.8) is 0 Å². The van der Waals surface area contributed by atoms with E-state index in [4.69, 9.17) is 0 Å². The van der Waals surface area contributed by atoms with Crippen LogP contribution in [0.3, 0.4) is 0 Å². The molecule has 0 aliphatic rings. The minimum Gasteiger partial charge on any atom is -0.317 e. The van der Waals surface area contributed by atoms with Gasteiger partial charge in [-0.3, -0.25) is 14.2 Å². The zero-order chi connectivity index (χ0) is 18.8. The van der Waals surface area contributed by atoms with E-state index in [1.807, 2.05) is 26.8 Å². The molecule has 0 saturated heterocycles. The first kappa shape index (κ1) is 18.3. The second kappa shape index (κ2) is 7.41. The molecular weight excluding hydrogens is 401 g/mol. The van der Waals surface area contributed by atoms with E-state index < -0.39 is 0 Å². The highest BCUT2D eigenvalue weighted by molar-refractivity contribution is 9.10. The van der Waals surface area contributed by atoms with E-state index in [0.717, 1.165) is 11.3 Å². The van der Waals surface area contributed by atoms with E-state index in [-0.39, 0.29) is 11.7 Å². The summed E-state index contributed by atoms with van der Waals surface area (Å²) >= 11 is 3.36. The van der Waals surface area contributed by atoms with Crippen molar-refractivity contribution < 1.29 is 9.18 Å². The first-order valence-corrected chi connectivity index (χ1v) is 9.01. The molecule has 136 valence electrons. The van der Waals surface area contributed by atoms with E-state index in [1.165, 1.54) is 12.1 Å². The number of nitrogens with one attached hydrogen (secondary N) is 1. The van der Waals surface area contributed by atoms with E-state index in [1.54, 1.807) is 21.6 Å². The van der Waals surface area contributed by atoms with E-state index in [2.05, 4.69) is 31.4 Å². The number of carbonyl (C=O) groups is 1. The summed E-state index contributed by atoms with van der Waals surface area (Å²) in [5.41, 5.74) is 3.43. The van der Waals surface area contributed by atoms with Crippen LogP contribution in [0.2, 0.25) is 0 Å². The fourth-order valence-corrected chi connectivity index (χ4v) is 3.32. The molecule has 0 bridgehead atoms. The van der Waals surface area contributed by atoms with Crippen molar-refractivity contribution in [1.29, 1.82) is 0 Å². The van der Waals surface area contributed by atoms with Crippen LogP contribution >= 0.6 is 15.9 Å². The second-order valence-corrected chi connectivity index (χ2v) is 6.80. The van der Waals surface area contributed by atoms with Crippen LogP contribution < -0.4 is 5.32 Å². The minimum atomic E-state index is -0.282. The van der Waals surface area contributed by atoms with Crippen molar-refractivity contribution in [2.75, 3.05) is 5.32 Å². The quantitative estimate of drug-likeness (QED) is 0.681. The maximum atomic E-state index is 13.4. The van der Waals surface area contributed by atoms with Gasteiger partial charge in [0.25, 0.3) is 5.91 Å². The number of benzene rings is 1. The average molecular weight is 420 g/mol. The molecule has 0 radical (unpaired) electrons. The Labute approximate surface area is 159 Å². The SMILES string of the molecule is CCn1ncc(Br)c1C(=O)Nc1c(C)nn(Cc2cccc(F)c2)c1C. The molecule has 0 atom stereocenters. The average Bonchev–Trinajstić information content (AvgIpc) is 3.09. The number of nitrogens with zero attached hydrogens (tertiary/aromatic N) is 4. The molecule has 2 aromatic heterocycles. The van der Waals surface area contributed by atoms with Crippen LogP contribution in [0.5, 0.6) is 0 Å². The van der Waals surface area contributed by atoms with Crippen molar-refractivity contribution in [1.82, 2.24) is 19.6 Å². The third kappa shape index (κ3) is 3.55. The van der Waals surface area contributed by atoms with Crippen LogP contribution in [-0.2, 0) is 13.1 Å². The number of rotatable bonds is 5. The number of amides is 1. The number of aromatic nitrogens is 4. The molecule has 1 amide bonds. The Morgan fingerprint density at radius 2 is 2.08 bits per heavy atom. The predicted octanol–water partition coefficient (Wildman–Crippen LogP) is 3.92. The van der Waals surface area contributed by atoms with Gasteiger partial charge in [0.1, 0.15) is 11.5 Å². The van der Waals surface area contributed by atoms with Crippen molar-refractivity contribution in [2.45, 2.75) is 33.9 Å². The molecule has 0 fully saturated rings. The number of aryl methyl sites for hydroxylation is 2. The summed E-state index contributed by atoms with van der Waals surface area (Å²) in [6.07, 6.45) is 1.60. The van der Waals surface area contributed by atoms with Crippen LogP contribution in [0.4, 0.5) is 10.1 Å². The molecule has 8 heteroatoms. The Morgan fingerprint density at radius 3 is 2.77 bits per heavy atom. The molecule has 0 aliphatic carbocycles. The first-order valence-electron chi connectivity index (χ1n) is 8.21. The Bertz CT molecular complexity index is 963. The summed E-state index contributed by atoms with van der Waals surface area (Å²) in [6.45, 7) is 6.64. The Hall–Kier alpha value is -2.48. The molecule has 1 N–H and O–H groups in total. The van der Waals surface area contributed by atoms with Gasteiger partial charge in [-0.1, -0.05) is 12.1 Å². The van der Waals surface area contributed by atoms with Gasteiger partial charge >= 0.3 is 0 Å². The second-order valence-electron chi connectivity index (χ2n) is 5.94. The highest BCUT2D eigenvalue weighted by atomic mass is 79.9. The van der Waals surface area contributed by atoms with Crippen LogP contribution in [0, 0.1) is 19.7 Å². The number of hydrogen-bond donors (Lipinski definition) is 1. The van der Waals surface area contributed by atoms with Gasteiger partial charge in [-0.25, -0.2) is 4.39 Å². The zero-order valence-corrected chi connectivity index (χ0v) is 16.3. The number of anilines is 1. The van der Waals surface area contributed by atoms with Gasteiger partial charge in [-0.05, 0) is 54.4 Å². The number of carbonyl (C=O) groups excluding carboxylic acids is 1. The van der Waals surface area contributed by atoms with Crippen molar-refractivity contribution in [3.8, 4) is 0 Å². The third-order valence-electron chi connectivity index (χ3n) is 4.15. The normalized spacial score (nSPS) is 11.0. The van der Waals surface area contributed by atoms with Gasteiger partial charge in [0.15, 0.2) is 0 Å². The molecule has 0 aliphatic heterocycles. The van der Waals surface area contributed by atoms with Crippen LogP contribution in [0.1, 0.15) is 34.4 Å². The highest BCUT2D eigenvalue weighted by Crippen LogP contribution is 2.23. The standard InChI is InChI=1S/C18H19BrFN5O/c1-4-24-17(15(19)9-21-24)18(26)22-16-11(2)23-25(12(16)3)10-13-6-5-7-14(20)8-13/h5-9H,4,10H2,1-3H3,(H,22,26). The molecule has 26 heavy (non-hydrogen) atoms. The lowest BCUT2D eigenvalue weighted by Gasteiger charge is -2.09. The highest BCUT2D eigenvalue weighted by Gasteiger charge is 2.20. The summed E-state index contributed by atoms with van der Waals surface area (Å²) in [4.78, 5) is 12.7. The lowest BCUT2D eigenvalue weighted by molar-refractivity contribution is 0.101. The summed E-state index contributed by atoms with van der Waals surface area (Å²) in [5.74, 6) is -0.539. The van der Waals surface area contributed by atoms with Crippen LogP contribution in [0.15, 0.2) is 34.9 Å².